The largest absolute Gasteiger partial charge is 0.497 e. The molecule has 0 saturated heterocycles. The number of benzene rings is 1. The zero-order chi connectivity index (χ0) is 14.1. The van der Waals surface area contributed by atoms with Crippen molar-refractivity contribution in [2.24, 2.45) is 0 Å². The second-order valence-electron chi connectivity index (χ2n) is 4.35. The highest BCUT2D eigenvalue weighted by atomic mass is 16.5. The number of hydrogen-bond acceptors (Lipinski definition) is 3. The van der Waals surface area contributed by atoms with Crippen LogP contribution in [0.4, 0.5) is 0 Å². The highest BCUT2D eigenvalue weighted by molar-refractivity contribution is 5.75. The Morgan fingerprint density at radius 2 is 2.05 bits per heavy atom. The van der Waals surface area contributed by atoms with Crippen molar-refractivity contribution in [1.82, 2.24) is 5.32 Å². The summed E-state index contributed by atoms with van der Waals surface area (Å²) >= 11 is 0. The second-order valence-corrected chi connectivity index (χ2v) is 4.35. The van der Waals surface area contributed by atoms with Crippen molar-refractivity contribution in [3.8, 4) is 11.5 Å². The van der Waals surface area contributed by atoms with Gasteiger partial charge in [-0.05, 0) is 31.0 Å². The van der Waals surface area contributed by atoms with E-state index in [0.29, 0.717) is 19.6 Å². The van der Waals surface area contributed by atoms with Crippen LogP contribution in [0.15, 0.2) is 18.2 Å². The van der Waals surface area contributed by atoms with Gasteiger partial charge in [0.15, 0.2) is 0 Å². The number of carbonyl (C=O) groups is 1. The lowest BCUT2D eigenvalue weighted by Gasteiger charge is -2.13. The molecule has 1 aromatic rings. The van der Waals surface area contributed by atoms with Gasteiger partial charge in [0, 0.05) is 18.5 Å². The van der Waals surface area contributed by atoms with Crippen LogP contribution in [0.3, 0.4) is 0 Å². The first-order chi connectivity index (χ1) is 9.21. The van der Waals surface area contributed by atoms with Crippen molar-refractivity contribution in [2.45, 2.75) is 39.7 Å². The first-order valence-electron chi connectivity index (χ1n) is 6.77. The van der Waals surface area contributed by atoms with E-state index in [2.05, 4.69) is 12.2 Å². The fourth-order valence-electron chi connectivity index (χ4n) is 1.68. The summed E-state index contributed by atoms with van der Waals surface area (Å²) in [6.45, 7) is 5.18. The maximum Gasteiger partial charge on any atom is 0.220 e. The standard InChI is InChI=1S/C15H23NO3/c1-4-6-15(17)16-11-12-10-13(18-3)7-8-14(12)19-9-5-2/h7-8,10H,4-6,9,11H2,1-3H3,(H,16,17). The number of methoxy groups -OCH3 is 1. The Balaban J connectivity index is 2.73. The van der Waals surface area contributed by atoms with E-state index in [4.69, 9.17) is 9.47 Å². The van der Waals surface area contributed by atoms with Crippen molar-refractivity contribution >= 4 is 5.91 Å². The van der Waals surface area contributed by atoms with Crippen LogP contribution in [0.25, 0.3) is 0 Å². The van der Waals surface area contributed by atoms with Gasteiger partial charge < -0.3 is 14.8 Å². The lowest BCUT2D eigenvalue weighted by atomic mass is 10.2. The Bertz CT molecular complexity index is 404. The number of hydrogen-bond donors (Lipinski definition) is 1. The normalized spacial score (nSPS) is 10.1. The van der Waals surface area contributed by atoms with Gasteiger partial charge >= 0.3 is 0 Å². The Labute approximate surface area is 115 Å². The summed E-state index contributed by atoms with van der Waals surface area (Å²) in [5.74, 6) is 1.63. The molecule has 0 radical (unpaired) electrons. The smallest absolute Gasteiger partial charge is 0.220 e. The van der Waals surface area contributed by atoms with Crippen LogP contribution in [-0.4, -0.2) is 19.6 Å². The maximum atomic E-state index is 11.5. The van der Waals surface area contributed by atoms with E-state index in [1.165, 1.54) is 0 Å². The molecule has 1 aromatic carbocycles. The molecule has 4 heteroatoms. The Hall–Kier alpha value is -1.71. The van der Waals surface area contributed by atoms with Gasteiger partial charge in [0.1, 0.15) is 11.5 Å². The molecule has 1 N–H and O–H groups in total. The molecule has 106 valence electrons. The zero-order valence-corrected chi connectivity index (χ0v) is 12.0. The van der Waals surface area contributed by atoms with E-state index >= 15 is 0 Å². The molecule has 1 amide bonds. The van der Waals surface area contributed by atoms with Crippen molar-refractivity contribution < 1.29 is 14.3 Å². The highest BCUT2D eigenvalue weighted by Crippen LogP contribution is 2.24. The number of ether oxygens (including phenoxy) is 2. The van der Waals surface area contributed by atoms with E-state index in [1.807, 2.05) is 25.1 Å². The second kappa shape index (κ2) is 8.40. The summed E-state index contributed by atoms with van der Waals surface area (Å²) in [7, 11) is 1.63. The van der Waals surface area contributed by atoms with Crippen LogP contribution < -0.4 is 14.8 Å². The van der Waals surface area contributed by atoms with Gasteiger partial charge in [0.2, 0.25) is 5.91 Å². The molecule has 0 heterocycles. The van der Waals surface area contributed by atoms with Crippen LogP contribution in [0.1, 0.15) is 38.7 Å². The van der Waals surface area contributed by atoms with E-state index in [1.54, 1.807) is 7.11 Å². The topological polar surface area (TPSA) is 47.6 Å². The van der Waals surface area contributed by atoms with Gasteiger partial charge in [-0.3, -0.25) is 4.79 Å². The quantitative estimate of drug-likeness (QED) is 0.786. The van der Waals surface area contributed by atoms with Gasteiger partial charge in [-0.2, -0.15) is 0 Å². The minimum Gasteiger partial charge on any atom is -0.497 e. The summed E-state index contributed by atoms with van der Waals surface area (Å²) in [4.78, 5) is 11.5. The molecule has 0 bridgehead atoms. The van der Waals surface area contributed by atoms with E-state index < -0.39 is 0 Å². The first kappa shape index (κ1) is 15.3. The van der Waals surface area contributed by atoms with E-state index in [9.17, 15) is 4.79 Å². The van der Waals surface area contributed by atoms with E-state index in [0.717, 1.165) is 29.9 Å². The predicted molar refractivity (Wildman–Crippen MR) is 75.5 cm³/mol. The number of nitrogens with one attached hydrogen (secondary N) is 1. The Morgan fingerprint density at radius 3 is 2.68 bits per heavy atom. The van der Waals surface area contributed by atoms with Crippen molar-refractivity contribution in [3.05, 3.63) is 23.8 Å². The molecule has 0 spiro atoms. The molecular formula is C15H23NO3. The van der Waals surface area contributed by atoms with E-state index in [-0.39, 0.29) is 5.91 Å². The van der Waals surface area contributed by atoms with Crippen molar-refractivity contribution in [3.63, 3.8) is 0 Å². The summed E-state index contributed by atoms with van der Waals surface area (Å²) < 4.78 is 10.9. The SMILES string of the molecule is CCCOc1ccc(OC)cc1CNC(=O)CCC. The van der Waals surface area contributed by atoms with Crippen LogP contribution in [0.2, 0.25) is 0 Å². The summed E-state index contributed by atoms with van der Waals surface area (Å²) in [5.41, 5.74) is 0.942. The molecule has 19 heavy (non-hydrogen) atoms. The van der Waals surface area contributed by atoms with Crippen molar-refractivity contribution in [2.75, 3.05) is 13.7 Å². The Morgan fingerprint density at radius 1 is 1.26 bits per heavy atom. The molecule has 4 nitrogen and oxygen atoms in total. The number of carbonyl (C=O) groups excluding carboxylic acids is 1. The third-order valence-corrected chi connectivity index (χ3v) is 2.68. The van der Waals surface area contributed by atoms with Gasteiger partial charge in [-0.25, -0.2) is 0 Å². The summed E-state index contributed by atoms with van der Waals surface area (Å²) in [5, 5.41) is 2.89. The van der Waals surface area contributed by atoms with Crippen molar-refractivity contribution in [1.29, 1.82) is 0 Å². The monoisotopic (exact) mass is 265 g/mol. The van der Waals surface area contributed by atoms with Crippen LogP contribution in [-0.2, 0) is 11.3 Å². The lowest BCUT2D eigenvalue weighted by molar-refractivity contribution is -0.121. The maximum absolute atomic E-state index is 11.5. The zero-order valence-electron chi connectivity index (χ0n) is 12.0. The van der Waals surface area contributed by atoms with Gasteiger partial charge in [-0.15, -0.1) is 0 Å². The van der Waals surface area contributed by atoms with Gasteiger partial charge in [-0.1, -0.05) is 13.8 Å². The molecule has 0 fully saturated rings. The molecule has 0 aliphatic carbocycles. The van der Waals surface area contributed by atoms with Crippen LogP contribution >= 0.6 is 0 Å². The molecule has 0 aliphatic rings. The van der Waals surface area contributed by atoms with Crippen LogP contribution in [0, 0.1) is 0 Å². The fourth-order valence-corrected chi connectivity index (χ4v) is 1.68. The molecule has 0 unspecified atom stereocenters. The molecule has 0 saturated carbocycles. The molecule has 0 aliphatic heterocycles. The molecule has 0 aromatic heterocycles. The molecule has 1 rings (SSSR count). The first-order valence-corrected chi connectivity index (χ1v) is 6.77. The fraction of sp³-hybridized carbons (Fsp3) is 0.533. The molecule has 0 atom stereocenters. The van der Waals surface area contributed by atoms with Crippen LogP contribution in [0.5, 0.6) is 11.5 Å². The average molecular weight is 265 g/mol. The third kappa shape index (κ3) is 5.20. The highest BCUT2D eigenvalue weighted by Gasteiger charge is 2.07. The Kier molecular flexibility index (Phi) is 6.79. The third-order valence-electron chi connectivity index (χ3n) is 2.68. The minimum absolute atomic E-state index is 0.0618. The van der Waals surface area contributed by atoms with Gasteiger partial charge in [0.25, 0.3) is 0 Å². The number of amides is 1. The number of rotatable bonds is 8. The average Bonchev–Trinajstić information content (AvgIpc) is 2.43. The summed E-state index contributed by atoms with van der Waals surface area (Å²) in [6, 6.07) is 5.65. The minimum atomic E-state index is 0.0618. The lowest BCUT2D eigenvalue weighted by Crippen LogP contribution is -2.22. The molecular weight excluding hydrogens is 242 g/mol. The van der Waals surface area contributed by atoms with Gasteiger partial charge in [0.05, 0.1) is 13.7 Å². The predicted octanol–water partition coefficient (Wildman–Crippen LogP) is 2.90. The summed E-state index contributed by atoms with van der Waals surface area (Å²) in [6.07, 6.45) is 2.35.